The van der Waals surface area contributed by atoms with Gasteiger partial charge in [0.1, 0.15) is 0 Å². The standard InChI is InChI=1S/C14H11N3O3/c1-19-13(18)9-4-2-5-10(8-9)16-14-17-12-11(20-14)6-3-7-15-12/h2-8H,1H3,(H,15,16,17). The van der Waals surface area contributed by atoms with Crippen LogP contribution >= 0.6 is 0 Å². The van der Waals surface area contributed by atoms with Gasteiger partial charge in [-0.2, -0.15) is 4.98 Å². The van der Waals surface area contributed by atoms with Gasteiger partial charge >= 0.3 is 12.0 Å². The molecule has 0 atom stereocenters. The normalized spacial score (nSPS) is 10.4. The summed E-state index contributed by atoms with van der Waals surface area (Å²) in [6.45, 7) is 0. The van der Waals surface area contributed by atoms with Gasteiger partial charge in [-0.25, -0.2) is 9.78 Å². The molecule has 6 heteroatoms. The molecule has 0 saturated carbocycles. The molecule has 1 N–H and O–H groups in total. The van der Waals surface area contributed by atoms with E-state index in [1.165, 1.54) is 7.11 Å². The van der Waals surface area contributed by atoms with Crippen molar-refractivity contribution in [3.63, 3.8) is 0 Å². The van der Waals surface area contributed by atoms with Gasteiger partial charge < -0.3 is 14.5 Å². The van der Waals surface area contributed by atoms with Crippen LogP contribution in [-0.4, -0.2) is 23.0 Å². The van der Waals surface area contributed by atoms with Crippen LogP contribution in [0, 0.1) is 0 Å². The van der Waals surface area contributed by atoms with Crippen LogP contribution in [0.5, 0.6) is 0 Å². The minimum absolute atomic E-state index is 0.320. The molecule has 0 aliphatic rings. The van der Waals surface area contributed by atoms with E-state index in [2.05, 4.69) is 20.0 Å². The van der Waals surface area contributed by atoms with Gasteiger partial charge in [-0.3, -0.25) is 0 Å². The highest BCUT2D eigenvalue weighted by Gasteiger charge is 2.09. The van der Waals surface area contributed by atoms with Gasteiger partial charge in [-0.15, -0.1) is 0 Å². The van der Waals surface area contributed by atoms with Gasteiger partial charge in [0.25, 0.3) is 0 Å². The van der Waals surface area contributed by atoms with E-state index in [9.17, 15) is 4.79 Å². The molecule has 0 saturated heterocycles. The molecule has 0 amide bonds. The molecule has 0 unspecified atom stereocenters. The van der Waals surface area contributed by atoms with Crippen molar-refractivity contribution in [1.82, 2.24) is 9.97 Å². The maximum atomic E-state index is 11.5. The lowest BCUT2D eigenvalue weighted by Gasteiger charge is -2.03. The molecule has 20 heavy (non-hydrogen) atoms. The summed E-state index contributed by atoms with van der Waals surface area (Å²) in [6.07, 6.45) is 1.65. The summed E-state index contributed by atoms with van der Waals surface area (Å²) < 4.78 is 10.2. The number of benzene rings is 1. The number of pyridine rings is 1. The summed E-state index contributed by atoms with van der Waals surface area (Å²) in [7, 11) is 1.34. The summed E-state index contributed by atoms with van der Waals surface area (Å²) in [5, 5.41) is 2.99. The smallest absolute Gasteiger partial charge is 0.337 e. The molecule has 0 spiro atoms. The number of anilines is 2. The number of ether oxygens (including phenoxy) is 1. The molecule has 0 aliphatic carbocycles. The number of hydrogen-bond donors (Lipinski definition) is 1. The van der Waals surface area contributed by atoms with Crippen molar-refractivity contribution in [3.8, 4) is 0 Å². The van der Waals surface area contributed by atoms with E-state index < -0.39 is 5.97 Å². The van der Waals surface area contributed by atoms with E-state index in [0.717, 1.165) is 0 Å². The molecule has 0 fully saturated rings. The quantitative estimate of drug-likeness (QED) is 0.737. The Kier molecular flexibility index (Phi) is 3.04. The first-order valence-corrected chi connectivity index (χ1v) is 5.93. The van der Waals surface area contributed by atoms with E-state index in [-0.39, 0.29) is 0 Å². The van der Waals surface area contributed by atoms with Crippen molar-refractivity contribution in [2.24, 2.45) is 0 Å². The summed E-state index contributed by atoms with van der Waals surface area (Å²) >= 11 is 0. The minimum Gasteiger partial charge on any atom is -0.465 e. The first kappa shape index (κ1) is 12.2. The number of rotatable bonds is 3. The number of carbonyl (C=O) groups excluding carboxylic acids is 1. The second-order valence-electron chi connectivity index (χ2n) is 4.04. The van der Waals surface area contributed by atoms with Crippen LogP contribution in [0.25, 0.3) is 11.2 Å². The summed E-state index contributed by atoms with van der Waals surface area (Å²) in [5.74, 6) is -0.395. The van der Waals surface area contributed by atoms with Crippen LogP contribution in [0.3, 0.4) is 0 Å². The maximum absolute atomic E-state index is 11.5. The average Bonchev–Trinajstić information content (AvgIpc) is 2.88. The predicted octanol–water partition coefficient (Wildman–Crippen LogP) is 2.75. The van der Waals surface area contributed by atoms with Crippen LogP contribution in [0.1, 0.15) is 10.4 Å². The van der Waals surface area contributed by atoms with Crippen molar-refractivity contribution in [1.29, 1.82) is 0 Å². The van der Waals surface area contributed by atoms with Crippen molar-refractivity contribution in [3.05, 3.63) is 48.2 Å². The highest BCUT2D eigenvalue weighted by molar-refractivity contribution is 5.90. The molecule has 3 aromatic rings. The Morgan fingerprint density at radius 3 is 3.00 bits per heavy atom. The summed E-state index contributed by atoms with van der Waals surface area (Å²) in [4.78, 5) is 19.7. The molecule has 0 bridgehead atoms. The monoisotopic (exact) mass is 269 g/mol. The largest absolute Gasteiger partial charge is 0.465 e. The minimum atomic E-state index is -0.395. The third kappa shape index (κ3) is 2.31. The zero-order valence-electron chi connectivity index (χ0n) is 10.7. The Morgan fingerprint density at radius 1 is 1.30 bits per heavy atom. The van der Waals surface area contributed by atoms with Crippen molar-refractivity contribution >= 4 is 28.9 Å². The molecular weight excluding hydrogens is 258 g/mol. The third-order valence-electron chi connectivity index (χ3n) is 2.70. The number of aromatic nitrogens is 2. The summed E-state index contributed by atoms with van der Waals surface area (Å²) in [6, 6.07) is 10.8. The first-order chi connectivity index (χ1) is 9.76. The SMILES string of the molecule is COC(=O)c1cccc(Nc2nc3ncccc3o2)c1. The molecule has 1 aromatic carbocycles. The Labute approximate surface area is 114 Å². The van der Waals surface area contributed by atoms with Gasteiger partial charge in [0.15, 0.2) is 5.58 Å². The highest BCUT2D eigenvalue weighted by Crippen LogP contribution is 2.21. The number of hydrogen-bond acceptors (Lipinski definition) is 6. The summed E-state index contributed by atoms with van der Waals surface area (Å²) in [5.41, 5.74) is 2.25. The Bertz CT molecular complexity index is 734. The Morgan fingerprint density at radius 2 is 2.20 bits per heavy atom. The van der Waals surface area contributed by atoms with Crippen LogP contribution in [0.2, 0.25) is 0 Å². The van der Waals surface area contributed by atoms with Crippen molar-refractivity contribution < 1.29 is 13.9 Å². The van der Waals surface area contributed by atoms with Crippen LogP contribution < -0.4 is 5.32 Å². The van der Waals surface area contributed by atoms with Gasteiger partial charge in [0, 0.05) is 11.9 Å². The molecule has 3 rings (SSSR count). The predicted molar refractivity (Wildman–Crippen MR) is 72.9 cm³/mol. The fraction of sp³-hybridized carbons (Fsp3) is 0.0714. The van der Waals surface area contributed by atoms with E-state index in [1.54, 1.807) is 42.6 Å². The first-order valence-electron chi connectivity index (χ1n) is 5.93. The number of esters is 1. The van der Waals surface area contributed by atoms with E-state index in [0.29, 0.717) is 28.5 Å². The van der Waals surface area contributed by atoms with Gasteiger partial charge in [-0.1, -0.05) is 6.07 Å². The number of methoxy groups -OCH3 is 1. The van der Waals surface area contributed by atoms with Gasteiger partial charge in [-0.05, 0) is 30.3 Å². The number of nitrogens with one attached hydrogen (secondary N) is 1. The molecule has 0 radical (unpaired) electrons. The molecule has 6 nitrogen and oxygen atoms in total. The second-order valence-corrected chi connectivity index (χ2v) is 4.04. The van der Waals surface area contributed by atoms with E-state index >= 15 is 0 Å². The lowest BCUT2D eigenvalue weighted by atomic mass is 10.2. The van der Waals surface area contributed by atoms with E-state index in [1.807, 2.05) is 0 Å². The second kappa shape index (κ2) is 5.00. The lowest BCUT2D eigenvalue weighted by molar-refractivity contribution is 0.0601. The average molecular weight is 269 g/mol. The topological polar surface area (TPSA) is 77.2 Å². The highest BCUT2D eigenvalue weighted by atomic mass is 16.5. The number of carbonyl (C=O) groups is 1. The molecule has 100 valence electrons. The fourth-order valence-electron chi connectivity index (χ4n) is 1.79. The number of fused-ring (bicyclic) bond motifs is 1. The number of oxazole rings is 1. The number of nitrogens with zero attached hydrogens (tertiary/aromatic N) is 2. The Balaban J connectivity index is 1.88. The van der Waals surface area contributed by atoms with Gasteiger partial charge in [0.2, 0.25) is 5.65 Å². The molecule has 2 aromatic heterocycles. The Hall–Kier alpha value is -2.89. The zero-order valence-corrected chi connectivity index (χ0v) is 10.7. The van der Waals surface area contributed by atoms with Crippen molar-refractivity contribution in [2.75, 3.05) is 12.4 Å². The van der Waals surface area contributed by atoms with E-state index in [4.69, 9.17) is 4.42 Å². The fourth-order valence-corrected chi connectivity index (χ4v) is 1.79. The molecule has 0 aliphatic heterocycles. The van der Waals surface area contributed by atoms with Gasteiger partial charge in [0.05, 0.1) is 12.7 Å². The van der Waals surface area contributed by atoms with Crippen molar-refractivity contribution in [2.45, 2.75) is 0 Å². The maximum Gasteiger partial charge on any atom is 0.337 e. The molecule has 2 heterocycles. The molecular formula is C14H11N3O3. The van der Waals surface area contributed by atoms with Crippen LogP contribution in [0.4, 0.5) is 11.7 Å². The third-order valence-corrected chi connectivity index (χ3v) is 2.70. The zero-order chi connectivity index (χ0) is 13.9. The van der Waals surface area contributed by atoms with Crippen LogP contribution in [-0.2, 0) is 4.74 Å². The lowest BCUT2D eigenvalue weighted by Crippen LogP contribution is -2.01. The van der Waals surface area contributed by atoms with Crippen LogP contribution in [0.15, 0.2) is 47.0 Å².